The van der Waals surface area contributed by atoms with E-state index in [4.69, 9.17) is 16.3 Å². The Morgan fingerprint density at radius 1 is 1.07 bits per heavy atom. The molecule has 0 amide bonds. The van der Waals surface area contributed by atoms with E-state index in [0.717, 1.165) is 6.26 Å². The average molecular weight is 405 g/mol. The van der Waals surface area contributed by atoms with Crippen LogP contribution in [0.25, 0.3) is 11.1 Å². The summed E-state index contributed by atoms with van der Waals surface area (Å²) in [4.78, 5) is 11.7. The van der Waals surface area contributed by atoms with Gasteiger partial charge in [0.2, 0.25) is 15.6 Å². The van der Waals surface area contributed by atoms with Crippen molar-refractivity contribution in [3.63, 3.8) is 0 Å². The van der Waals surface area contributed by atoms with Gasteiger partial charge in [-0.05, 0) is 42.5 Å². The third kappa shape index (κ3) is 4.90. The SMILES string of the molecule is Cn1cc(-c2cc(NS(C)(=O)=O)ccc2Oc2cccc(Cl)c2)ccc1=O. The molecule has 2 aromatic carbocycles. The van der Waals surface area contributed by atoms with Gasteiger partial charge in [-0.15, -0.1) is 0 Å². The highest BCUT2D eigenvalue weighted by Gasteiger charge is 2.12. The molecule has 27 heavy (non-hydrogen) atoms. The quantitative estimate of drug-likeness (QED) is 0.700. The second-order valence-electron chi connectivity index (χ2n) is 6.01. The number of pyridine rings is 1. The van der Waals surface area contributed by atoms with E-state index in [1.54, 1.807) is 61.8 Å². The van der Waals surface area contributed by atoms with E-state index in [9.17, 15) is 13.2 Å². The molecule has 1 heterocycles. The van der Waals surface area contributed by atoms with Crippen LogP contribution in [-0.4, -0.2) is 19.2 Å². The molecule has 0 fully saturated rings. The Bertz CT molecular complexity index is 1160. The van der Waals surface area contributed by atoms with Gasteiger partial charge in [0.05, 0.1) is 6.26 Å². The fourth-order valence-electron chi connectivity index (χ4n) is 2.53. The Labute approximate surface area is 162 Å². The summed E-state index contributed by atoms with van der Waals surface area (Å²) in [7, 11) is -1.79. The van der Waals surface area contributed by atoms with Crippen LogP contribution in [0.5, 0.6) is 11.5 Å². The van der Waals surface area contributed by atoms with Crippen molar-refractivity contribution >= 4 is 27.3 Å². The van der Waals surface area contributed by atoms with Gasteiger partial charge >= 0.3 is 0 Å². The number of nitrogens with one attached hydrogen (secondary N) is 1. The van der Waals surface area contributed by atoms with E-state index < -0.39 is 10.0 Å². The predicted octanol–water partition coefficient (Wildman–Crippen LogP) is 3.87. The van der Waals surface area contributed by atoms with Gasteiger partial charge in [0.25, 0.3) is 0 Å². The number of anilines is 1. The van der Waals surface area contributed by atoms with E-state index in [1.165, 1.54) is 10.6 Å². The van der Waals surface area contributed by atoms with Crippen molar-refractivity contribution in [2.75, 3.05) is 11.0 Å². The summed E-state index contributed by atoms with van der Waals surface area (Å²) < 4.78 is 33.0. The van der Waals surface area contributed by atoms with Gasteiger partial charge in [-0.3, -0.25) is 9.52 Å². The third-order valence-electron chi connectivity index (χ3n) is 3.70. The van der Waals surface area contributed by atoms with Crippen molar-refractivity contribution < 1.29 is 13.2 Å². The van der Waals surface area contributed by atoms with Crippen molar-refractivity contribution in [2.45, 2.75) is 0 Å². The van der Waals surface area contributed by atoms with Crippen molar-refractivity contribution in [3.05, 3.63) is 76.2 Å². The van der Waals surface area contributed by atoms with Gasteiger partial charge in [0, 0.05) is 41.1 Å². The number of nitrogens with zero attached hydrogens (tertiary/aromatic N) is 1. The topological polar surface area (TPSA) is 77.4 Å². The standard InChI is InChI=1S/C19H17ClN2O4S/c1-22-12-13(6-9-19(22)23)17-11-15(21-27(2,24)25)7-8-18(17)26-16-5-3-4-14(20)10-16/h3-12,21H,1-2H3. The maximum Gasteiger partial charge on any atom is 0.250 e. The first-order valence-electron chi connectivity index (χ1n) is 7.93. The van der Waals surface area contributed by atoms with Gasteiger partial charge in [-0.2, -0.15) is 0 Å². The zero-order valence-corrected chi connectivity index (χ0v) is 16.2. The highest BCUT2D eigenvalue weighted by atomic mass is 35.5. The number of ether oxygens (including phenoxy) is 1. The highest BCUT2D eigenvalue weighted by molar-refractivity contribution is 7.92. The second kappa shape index (κ2) is 7.46. The number of hydrogen-bond acceptors (Lipinski definition) is 4. The molecule has 0 saturated carbocycles. The lowest BCUT2D eigenvalue weighted by molar-refractivity contribution is 0.484. The molecule has 0 bridgehead atoms. The average Bonchev–Trinajstić information content (AvgIpc) is 2.57. The summed E-state index contributed by atoms with van der Waals surface area (Å²) in [5, 5.41) is 0.534. The normalized spacial score (nSPS) is 11.2. The van der Waals surface area contributed by atoms with Crippen molar-refractivity contribution in [2.24, 2.45) is 7.05 Å². The fourth-order valence-corrected chi connectivity index (χ4v) is 3.27. The van der Waals surface area contributed by atoms with Crippen LogP contribution in [0, 0.1) is 0 Å². The summed E-state index contributed by atoms with van der Waals surface area (Å²) in [6.45, 7) is 0. The first-order valence-corrected chi connectivity index (χ1v) is 10.2. The Morgan fingerprint density at radius 3 is 2.52 bits per heavy atom. The molecular formula is C19H17ClN2O4S. The van der Waals surface area contributed by atoms with Crippen LogP contribution in [0.1, 0.15) is 0 Å². The summed E-state index contributed by atoms with van der Waals surface area (Å²) in [6.07, 6.45) is 2.74. The Kier molecular flexibility index (Phi) is 5.25. The molecule has 6 nitrogen and oxygen atoms in total. The first-order chi connectivity index (χ1) is 12.7. The van der Waals surface area contributed by atoms with Crippen LogP contribution in [-0.2, 0) is 17.1 Å². The minimum atomic E-state index is -3.43. The number of aryl methyl sites for hydroxylation is 1. The molecule has 0 unspecified atom stereocenters. The smallest absolute Gasteiger partial charge is 0.250 e. The molecular weight excluding hydrogens is 388 g/mol. The molecule has 0 aliphatic heterocycles. The van der Waals surface area contributed by atoms with Gasteiger partial charge in [0.15, 0.2) is 0 Å². The van der Waals surface area contributed by atoms with E-state index >= 15 is 0 Å². The van der Waals surface area contributed by atoms with Crippen molar-refractivity contribution in [1.29, 1.82) is 0 Å². The number of halogens is 1. The monoisotopic (exact) mass is 404 g/mol. The van der Waals surface area contributed by atoms with Crippen molar-refractivity contribution in [3.8, 4) is 22.6 Å². The Balaban J connectivity index is 2.11. The van der Waals surface area contributed by atoms with Gasteiger partial charge in [0.1, 0.15) is 11.5 Å². The molecule has 8 heteroatoms. The molecule has 3 rings (SSSR count). The predicted molar refractivity (Wildman–Crippen MR) is 107 cm³/mol. The van der Waals surface area contributed by atoms with Crippen LogP contribution in [0.4, 0.5) is 5.69 Å². The zero-order chi connectivity index (χ0) is 19.6. The minimum Gasteiger partial charge on any atom is -0.457 e. The summed E-state index contributed by atoms with van der Waals surface area (Å²) in [6, 6.07) is 15.0. The van der Waals surface area contributed by atoms with Crippen LogP contribution < -0.4 is 15.0 Å². The van der Waals surface area contributed by atoms with Crippen LogP contribution in [0.2, 0.25) is 5.02 Å². The van der Waals surface area contributed by atoms with Crippen LogP contribution in [0.3, 0.4) is 0 Å². The largest absolute Gasteiger partial charge is 0.457 e. The molecule has 0 aliphatic carbocycles. The number of rotatable bonds is 5. The Hall–Kier alpha value is -2.77. The van der Waals surface area contributed by atoms with Crippen molar-refractivity contribution in [1.82, 2.24) is 4.57 Å². The first kappa shape index (κ1) is 19.0. The molecule has 1 aromatic heterocycles. The van der Waals surface area contributed by atoms with E-state index in [2.05, 4.69) is 4.72 Å². The number of sulfonamides is 1. The summed E-state index contributed by atoms with van der Waals surface area (Å²) >= 11 is 6.01. The van der Waals surface area contributed by atoms with E-state index in [1.807, 2.05) is 0 Å². The number of aromatic nitrogens is 1. The molecule has 0 spiro atoms. The molecule has 0 aliphatic rings. The molecule has 0 atom stereocenters. The lowest BCUT2D eigenvalue weighted by Gasteiger charge is -2.14. The van der Waals surface area contributed by atoms with Gasteiger partial charge < -0.3 is 9.30 Å². The molecule has 0 radical (unpaired) electrons. The Morgan fingerprint density at radius 2 is 1.85 bits per heavy atom. The minimum absolute atomic E-state index is 0.151. The van der Waals surface area contributed by atoms with E-state index in [0.29, 0.717) is 33.3 Å². The summed E-state index contributed by atoms with van der Waals surface area (Å²) in [5.41, 5.74) is 1.56. The number of benzene rings is 2. The van der Waals surface area contributed by atoms with Gasteiger partial charge in [-0.1, -0.05) is 17.7 Å². The lowest BCUT2D eigenvalue weighted by atomic mass is 10.1. The molecule has 1 N–H and O–H groups in total. The van der Waals surface area contributed by atoms with Gasteiger partial charge in [-0.25, -0.2) is 8.42 Å². The molecule has 140 valence electrons. The second-order valence-corrected chi connectivity index (χ2v) is 8.20. The molecule has 3 aromatic rings. The van der Waals surface area contributed by atoms with Crippen LogP contribution >= 0.6 is 11.6 Å². The number of hydrogen-bond donors (Lipinski definition) is 1. The zero-order valence-electron chi connectivity index (χ0n) is 14.6. The lowest BCUT2D eigenvalue weighted by Crippen LogP contribution is -2.14. The summed E-state index contributed by atoms with van der Waals surface area (Å²) in [5.74, 6) is 1.03. The third-order valence-corrected chi connectivity index (χ3v) is 4.55. The van der Waals surface area contributed by atoms with Crippen LogP contribution in [0.15, 0.2) is 65.6 Å². The maximum atomic E-state index is 11.7. The maximum absolute atomic E-state index is 11.7. The van der Waals surface area contributed by atoms with E-state index in [-0.39, 0.29) is 5.56 Å². The molecule has 0 saturated heterocycles. The fraction of sp³-hybridized carbons (Fsp3) is 0.105. The highest BCUT2D eigenvalue weighted by Crippen LogP contribution is 2.36.